The quantitative estimate of drug-likeness (QED) is 0.175. The number of pyridine rings is 1. The van der Waals surface area contributed by atoms with Crippen molar-refractivity contribution in [2.75, 3.05) is 0 Å². The summed E-state index contributed by atoms with van der Waals surface area (Å²) in [5.41, 5.74) is 16.3. The summed E-state index contributed by atoms with van der Waals surface area (Å²) in [7, 11) is 0. The number of nitrogens with zero attached hydrogens (tertiary/aromatic N) is 1. The molecule has 8 aromatic rings. The highest BCUT2D eigenvalue weighted by Gasteiger charge is 2.29. The minimum atomic E-state index is 0.953. The van der Waals surface area contributed by atoms with Crippen molar-refractivity contribution in [3.8, 4) is 78.0 Å². The Kier molecular flexibility index (Phi) is 8.01. The lowest BCUT2D eigenvalue weighted by Crippen LogP contribution is -2.02. The van der Waals surface area contributed by atoms with Crippen LogP contribution in [0, 0.1) is 0 Å². The van der Waals surface area contributed by atoms with Gasteiger partial charge in [0.05, 0.1) is 5.69 Å². The third-order valence-corrected chi connectivity index (χ3v) is 8.92. The second-order valence-corrected chi connectivity index (χ2v) is 11.9. The van der Waals surface area contributed by atoms with Crippen LogP contribution in [-0.2, 0) is 0 Å². The van der Waals surface area contributed by atoms with Gasteiger partial charge in [0.25, 0.3) is 0 Å². The highest BCUT2D eigenvalue weighted by Crippen LogP contribution is 2.55. The van der Waals surface area contributed by atoms with Crippen molar-refractivity contribution in [3.05, 3.63) is 200 Å². The van der Waals surface area contributed by atoms with Crippen molar-refractivity contribution >= 4 is 0 Å². The molecule has 0 aliphatic heterocycles. The number of rotatable bonds is 7. The number of hydrogen-bond donors (Lipinski definition) is 0. The molecule has 48 heavy (non-hydrogen) atoms. The molecule has 1 nitrogen and oxygen atoms in total. The summed E-state index contributed by atoms with van der Waals surface area (Å²) in [5.74, 6) is 0. The van der Waals surface area contributed by atoms with Crippen LogP contribution in [0.15, 0.2) is 200 Å². The number of hydrogen-bond acceptors (Lipinski definition) is 1. The molecule has 1 aromatic heterocycles. The molecule has 0 unspecified atom stereocenters. The minimum absolute atomic E-state index is 0.953. The molecule has 0 radical (unpaired) electrons. The van der Waals surface area contributed by atoms with E-state index in [4.69, 9.17) is 4.98 Å². The Morgan fingerprint density at radius 2 is 0.521 bits per heavy atom. The lowest BCUT2D eigenvalue weighted by molar-refractivity contribution is 1.33. The van der Waals surface area contributed by atoms with Gasteiger partial charge >= 0.3 is 0 Å². The van der Waals surface area contributed by atoms with Crippen LogP contribution in [0.1, 0.15) is 0 Å². The van der Waals surface area contributed by atoms with E-state index < -0.39 is 0 Å². The zero-order valence-corrected chi connectivity index (χ0v) is 26.5. The van der Waals surface area contributed by atoms with Crippen molar-refractivity contribution in [1.82, 2.24) is 4.98 Å². The number of aromatic nitrogens is 1. The monoisotopic (exact) mass is 611 g/mol. The SMILES string of the molecule is c1ccc(-c2c(-c3ccccc3)c(-c3ccccc3)c(-c3cccc(-c4ccccn4)c3)c(-c3ccccc3)c2-c2ccccc2)cc1. The van der Waals surface area contributed by atoms with Crippen molar-refractivity contribution in [1.29, 1.82) is 0 Å². The van der Waals surface area contributed by atoms with Gasteiger partial charge in [-0.1, -0.05) is 176 Å². The number of benzene rings is 7. The molecule has 0 aliphatic carbocycles. The summed E-state index contributed by atoms with van der Waals surface area (Å²) in [4.78, 5) is 4.73. The summed E-state index contributed by atoms with van der Waals surface area (Å²) in [6.07, 6.45) is 1.86. The van der Waals surface area contributed by atoms with Gasteiger partial charge in [-0.05, 0) is 85.0 Å². The molecule has 0 fully saturated rings. The van der Waals surface area contributed by atoms with Crippen LogP contribution in [0.2, 0.25) is 0 Å². The fraction of sp³-hybridized carbons (Fsp3) is 0. The van der Waals surface area contributed by atoms with Crippen LogP contribution in [-0.4, -0.2) is 4.98 Å². The second kappa shape index (κ2) is 13.2. The van der Waals surface area contributed by atoms with Crippen LogP contribution in [0.3, 0.4) is 0 Å². The van der Waals surface area contributed by atoms with E-state index in [1.807, 2.05) is 12.3 Å². The predicted octanol–water partition coefficient (Wildman–Crippen LogP) is 12.8. The van der Waals surface area contributed by atoms with Gasteiger partial charge in [-0.25, -0.2) is 0 Å². The molecule has 1 heterocycles. The molecule has 0 atom stereocenters. The average molecular weight is 612 g/mol. The van der Waals surface area contributed by atoms with Crippen LogP contribution in [0.4, 0.5) is 0 Å². The summed E-state index contributed by atoms with van der Waals surface area (Å²) >= 11 is 0. The Balaban J connectivity index is 1.65. The third kappa shape index (κ3) is 5.53. The van der Waals surface area contributed by atoms with Crippen LogP contribution in [0.25, 0.3) is 78.0 Å². The van der Waals surface area contributed by atoms with E-state index in [9.17, 15) is 0 Å². The van der Waals surface area contributed by atoms with E-state index >= 15 is 0 Å². The van der Waals surface area contributed by atoms with Crippen LogP contribution >= 0.6 is 0 Å². The Morgan fingerprint density at radius 1 is 0.229 bits per heavy atom. The van der Waals surface area contributed by atoms with Crippen molar-refractivity contribution < 1.29 is 0 Å². The van der Waals surface area contributed by atoms with Gasteiger partial charge in [0, 0.05) is 11.8 Å². The molecule has 0 saturated heterocycles. The van der Waals surface area contributed by atoms with Crippen LogP contribution < -0.4 is 0 Å². The van der Waals surface area contributed by atoms with Crippen molar-refractivity contribution in [3.63, 3.8) is 0 Å². The van der Waals surface area contributed by atoms with Gasteiger partial charge in [0.2, 0.25) is 0 Å². The highest BCUT2D eigenvalue weighted by atomic mass is 14.7. The molecule has 0 N–H and O–H groups in total. The first-order valence-corrected chi connectivity index (χ1v) is 16.4. The molecule has 0 bridgehead atoms. The molecule has 7 aromatic carbocycles. The van der Waals surface area contributed by atoms with Crippen molar-refractivity contribution in [2.24, 2.45) is 0 Å². The highest BCUT2D eigenvalue weighted by molar-refractivity contribution is 6.15. The molecule has 0 amide bonds. The van der Waals surface area contributed by atoms with E-state index in [0.29, 0.717) is 0 Å². The van der Waals surface area contributed by atoms with Gasteiger partial charge in [0.15, 0.2) is 0 Å². The maximum absolute atomic E-state index is 4.73. The third-order valence-electron chi connectivity index (χ3n) is 8.92. The minimum Gasteiger partial charge on any atom is -0.256 e. The molecule has 0 aliphatic rings. The molecular formula is C47H33N. The Hall–Kier alpha value is -6.31. The molecule has 1 heteroatoms. The molecule has 0 spiro atoms. The fourth-order valence-electron chi connectivity index (χ4n) is 6.87. The Labute approximate surface area is 282 Å². The first-order valence-electron chi connectivity index (χ1n) is 16.4. The molecule has 226 valence electrons. The van der Waals surface area contributed by atoms with Crippen molar-refractivity contribution in [2.45, 2.75) is 0 Å². The van der Waals surface area contributed by atoms with E-state index in [1.165, 1.54) is 61.2 Å². The van der Waals surface area contributed by atoms with Crippen LogP contribution in [0.5, 0.6) is 0 Å². The van der Waals surface area contributed by atoms with E-state index in [-0.39, 0.29) is 0 Å². The zero-order chi connectivity index (χ0) is 32.1. The standard InChI is InChI=1S/C47H33N/c1-6-19-34(20-7-1)42-43(35-21-8-2-9-22-35)45(37-25-12-4-13-26-37)47(40-30-18-29-39(33-40)41-31-16-17-32-48-41)46(38-27-14-5-15-28-38)44(42)36-23-10-3-11-24-36/h1-33H. The fourth-order valence-corrected chi connectivity index (χ4v) is 6.87. The molecular weight excluding hydrogens is 579 g/mol. The van der Waals surface area contributed by atoms with E-state index in [2.05, 4.69) is 188 Å². The first-order chi connectivity index (χ1) is 23.9. The normalized spacial score (nSPS) is 10.9. The topological polar surface area (TPSA) is 12.9 Å². The van der Waals surface area contributed by atoms with Gasteiger partial charge in [-0.2, -0.15) is 0 Å². The maximum atomic E-state index is 4.73. The average Bonchev–Trinajstić information content (AvgIpc) is 3.19. The molecule has 0 saturated carbocycles. The predicted molar refractivity (Wildman–Crippen MR) is 202 cm³/mol. The lowest BCUT2D eigenvalue weighted by Gasteiger charge is -2.29. The maximum Gasteiger partial charge on any atom is 0.0702 e. The van der Waals surface area contributed by atoms with Gasteiger partial charge in [-0.15, -0.1) is 0 Å². The van der Waals surface area contributed by atoms with Gasteiger partial charge < -0.3 is 0 Å². The molecule has 8 rings (SSSR count). The first kappa shape index (κ1) is 29.1. The smallest absolute Gasteiger partial charge is 0.0702 e. The Bertz CT molecular complexity index is 2180. The second-order valence-electron chi connectivity index (χ2n) is 11.9. The van der Waals surface area contributed by atoms with Gasteiger partial charge in [-0.3, -0.25) is 4.98 Å². The van der Waals surface area contributed by atoms with E-state index in [0.717, 1.165) is 16.8 Å². The lowest BCUT2D eigenvalue weighted by atomic mass is 9.74. The summed E-state index contributed by atoms with van der Waals surface area (Å²) in [6, 6.07) is 69.4. The zero-order valence-electron chi connectivity index (χ0n) is 26.5. The summed E-state index contributed by atoms with van der Waals surface area (Å²) in [6.45, 7) is 0. The van der Waals surface area contributed by atoms with Gasteiger partial charge in [0.1, 0.15) is 0 Å². The van der Waals surface area contributed by atoms with E-state index in [1.54, 1.807) is 0 Å². The largest absolute Gasteiger partial charge is 0.256 e. The summed E-state index contributed by atoms with van der Waals surface area (Å²) in [5, 5.41) is 0. The summed E-state index contributed by atoms with van der Waals surface area (Å²) < 4.78 is 0. The Morgan fingerprint density at radius 3 is 0.854 bits per heavy atom.